The molecule has 7 nitrogen and oxygen atoms in total. The summed E-state index contributed by atoms with van der Waals surface area (Å²) in [6, 6.07) is 13.4. The first kappa shape index (κ1) is 23.2. The van der Waals surface area contributed by atoms with E-state index in [4.69, 9.17) is 4.42 Å². The quantitative estimate of drug-likeness (QED) is 0.552. The minimum absolute atomic E-state index is 0.0196. The van der Waals surface area contributed by atoms with Crippen LogP contribution in [0.1, 0.15) is 29.0 Å². The van der Waals surface area contributed by atoms with E-state index in [1.807, 2.05) is 50.2 Å². The molecule has 0 unspecified atom stereocenters. The van der Waals surface area contributed by atoms with Crippen LogP contribution in [0.25, 0.3) is 11.3 Å². The van der Waals surface area contributed by atoms with Gasteiger partial charge in [0, 0.05) is 44.6 Å². The van der Waals surface area contributed by atoms with Crippen molar-refractivity contribution in [3.05, 3.63) is 71.2 Å². The molecule has 8 heteroatoms. The molecule has 0 bridgehead atoms. The third-order valence-electron chi connectivity index (χ3n) is 6.00. The zero-order valence-corrected chi connectivity index (χ0v) is 20.1. The van der Waals surface area contributed by atoms with E-state index < -0.39 is 10.0 Å². The standard InChI is InChI=1S/C25H29N3O4S/c1-18-5-8-21(9-6-18)22-17-26-24(32-22)10-11-25(29)27-12-14-28(15-13-27)33(30,31)23-16-19(2)4-7-20(23)3/h4-9,16-17H,10-15H2,1-3H3. The summed E-state index contributed by atoms with van der Waals surface area (Å²) in [6.07, 6.45) is 2.37. The SMILES string of the molecule is Cc1ccc(-c2cnc(CCC(=O)N3CCN(S(=O)(=O)c4cc(C)ccc4C)CC3)o2)cc1. The molecular weight excluding hydrogens is 438 g/mol. The summed E-state index contributed by atoms with van der Waals surface area (Å²) in [5.41, 5.74) is 3.76. The fourth-order valence-electron chi connectivity index (χ4n) is 3.95. The molecule has 1 aromatic heterocycles. The Bertz CT molecular complexity index is 1240. The van der Waals surface area contributed by atoms with E-state index in [1.54, 1.807) is 24.1 Å². The van der Waals surface area contributed by atoms with Crippen LogP contribution in [0, 0.1) is 20.8 Å². The number of aryl methyl sites for hydroxylation is 4. The van der Waals surface area contributed by atoms with Gasteiger partial charge in [-0.05, 0) is 38.0 Å². The molecule has 1 aliphatic rings. The van der Waals surface area contributed by atoms with Crippen molar-refractivity contribution in [1.29, 1.82) is 0 Å². The Morgan fingerprint density at radius 2 is 1.64 bits per heavy atom. The smallest absolute Gasteiger partial charge is 0.243 e. The average Bonchev–Trinajstić information content (AvgIpc) is 3.28. The molecule has 4 rings (SSSR count). The van der Waals surface area contributed by atoms with Gasteiger partial charge in [-0.15, -0.1) is 0 Å². The maximum Gasteiger partial charge on any atom is 0.243 e. The van der Waals surface area contributed by atoms with Gasteiger partial charge in [0.1, 0.15) is 0 Å². The number of hydrogen-bond acceptors (Lipinski definition) is 5. The van der Waals surface area contributed by atoms with E-state index in [0.717, 1.165) is 16.7 Å². The molecule has 0 saturated carbocycles. The molecule has 0 atom stereocenters. The number of benzene rings is 2. The largest absolute Gasteiger partial charge is 0.441 e. The Morgan fingerprint density at radius 1 is 0.970 bits per heavy atom. The van der Waals surface area contributed by atoms with Crippen molar-refractivity contribution in [2.75, 3.05) is 26.2 Å². The monoisotopic (exact) mass is 467 g/mol. The van der Waals surface area contributed by atoms with Crippen molar-refractivity contribution in [1.82, 2.24) is 14.2 Å². The van der Waals surface area contributed by atoms with Gasteiger partial charge in [0.05, 0.1) is 11.1 Å². The van der Waals surface area contributed by atoms with E-state index in [1.165, 1.54) is 9.87 Å². The Morgan fingerprint density at radius 3 is 2.33 bits per heavy atom. The van der Waals surface area contributed by atoms with E-state index in [9.17, 15) is 13.2 Å². The van der Waals surface area contributed by atoms with Gasteiger partial charge >= 0.3 is 0 Å². The first-order chi connectivity index (χ1) is 15.7. The van der Waals surface area contributed by atoms with Crippen LogP contribution in [0.4, 0.5) is 0 Å². The summed E-state index contributed by atoms with van der Waals surface area (Å²) >= 11 is 0. The van der Waals surface area contributed by atoms with Gasteiger partial charge in [-0.1, -0.05) is 42.0 Å². The highest BCUT2D eigenvalue weighted by Crippen LogP contribution is 2.24. The van der Waals surface area contributed by atoms with Crippen molar-refractivity contribution < 1.29 is 17.6 Å². The zero-order valence-electron chi connectivity index (χ0n) is 19.2. The predicted octanol–water partition coefficient (Wildman–Crippen LogP) is 3.73. The molecular formula is C25H29N3O4S. The van der Waals surface area contributed by atoms with Gasteiger partial charge in [-0.3, -0.25) is 4.79 Å². The molecule has 1 aliphatic heterocycles. The van der Waals surface area contributed by atoms with Crippen molar-refractivity contribution in [2.24, 2.45) is 0 Å². The molecule has 174 valence electrons. The first-order valence-electron chi connectivity index (χ1n) is 11.1. The first-order valence-corrected chi connectivity index (χ1v) is 12.5. The number of rotatable bonds is 6. The summed E-state index contributed by atoms with van der Waals surface area (Å²) in [4.78, 5) is 19.1. The van der Waals surface area contributed by atoms with E-state index in [-0.39, 0.29) is 25.4 Å². The van der Waals surface area contributed by atoms with Gasteiger partial charge < -0.3 is 9.32 Å². The molecule has 33 heavy (non-hydrogen) atoms. The number of carbonyl (C=O) groups is 1. The number of amides is 1. The highest BCUT2D eigenvalue weighted by Gasteiger charge is 2.31. The Balaban J connectivity index is 1.32. The lowest BCUT2D eigenvalue weighted by atomic mass is 10.1. The highest BCUT2D eigenvalue weighted by molar-refractivity contribution is 7.89. The Kier molecular flexibility index (Phi) is 6.67. The lowest BCUT2D eigenvalue weighted by molar-refractivity contribution is -0.132. The summed E-state index contributed by atoms with van der Waals surface area (Å²) in [7, 11) is -3.58. The molecule has 1 amide bonds. The molecule has 0 radical (unpaired) electrons. The fraction of sp³-hybridized carbons (Fsp3) is 0.360. The summed E-state index contributed by atoms with van der Waals surface area (Å²) < 4.78 is 33.5. The van der Waals surface area contributed by atoms with Crippen molar-refractivity contribution in [2.45, 2.75) is 38.5 Å². The summed E-state index contributed by atoms with van der Waals surface area (Å²) in [5.74, 6) is 1.19. The highest BCUT2D eigenvalue weighted by atomic mass is 32.2. The van der Waals surface area contributed by atoms with Crippen LogP contribution in [-0.4, -0.2) is 54.7 Å². The third kappa shape index (κ3) is 5.17. The molecule has 2 aromatic carbocycles. The second-order valence-electron chi connectivity index (χ2n) is 8.54. The molecule has 0 aliphatic carbocycles. The topological polar surface area (TPSA) is 83.7 Å². The molecule has 3 aromatic rings. The molecule has 2 heterocycles. The minimum atomic E-state index is -3.58. The maximum absolute atomic E-state index is 13.1. The van der Waals surface area contributed by atoms with Crippen molar-refractivity contribution >= 4 is 15.9 Å². The number of oxazole rings is 1. The van der Waals surface area contributed by atoms with Crippen LogP contribution in [0.5, 0.6) is 0 Å². The van der Waals surface area contributed by atoms with Crippen LogP contribution in [0.2, 0.25) is 0 Å². The molecule has 0 spiro atoms. The lowest BCUT2D eigenvalue weighted by Gasteiger charge is -2.34. The maximum atomic E-state index is 13.1. The van der Waals surface area contributed by atoms with E-state index in [0.29, 0.717) is 36.1 Å². The normalized spacial score (nSPS) is 15.1. The summed E-state index contributed by atoms with van der Waals surface area (Å²) in [6.45, 7) is 7.05. The number of piperazine rings is 1. The zero-order chi connectivity index (χ0) is 23.6. The fourth-order valence-corrected chi connectivity index (χ4v) is 5.68. The van der Waals surface area contributed by atoms with Crippen LogP contribution in [0.15, 0.2) is 58.0 Å². The van der Waals surface area contributed by atoms with Gasteiger partial charge in [-0.25, -0.2) is 13.4 Å². The van der Waals surface area contributed by atoms with Gasteiger partial charge in [0.15, 0.2) is 11.7 Å². The number of nitrogens with zero attached hydrogens (tertiary/aromatic N) is 3. The third-order valence-corrected chi connectivity index (χ3v) is 8.04. The van der Waals surface area contributed by atoms with Gasteiger partial charge in [0.25, 0.3) is 0 Å². The predicted molar refractivity (Wildman–Crippen MR) is 126 cm³/mol. The molecule has 1 fully saturated rings. The van der Waals surface area contributed by atoms with Crippen molar-refractivity contribution in [3.8, 4) is 11.3 Å². The molecule has 0 N–H and O–H groups in total. The number of carbonyl (C=O) groups excluding carboxylic acids is 1. The van der Waals surface area contributed by atoms with E-state index in [2.05, 4.69) is 4.98 Å². The van der Waals surface area contributed by atoms with Crippen LogP contribution < -0.4 is 0 Å². The number of aromatic nitrogens is 1. The minimum Gasteiger partial charge on any atom is -0.441 e. The number of hydrogen-bond donors (Lipinski definition) is 0. The summed E-state index contributed by atoms with van der Waals surface area (Å²) in [5, 5.41) is 0. The Labute approximate surface area is 195 Å². The second-order valence-corrected chi connectivity index (χ2v) is 10.4. The lowest BCUT2D eigenvalue weighted by Crippen LogP contribution is -2.50. The number of sulfonamides is 1. The van der Waals surface area contributed by atoms with Crippen LogP contribution >= 0.6 is 0 Å². The van der Waals surface area contributed by atoms with Crippen molar-refractivity contribution in [3.63, 3.8) is 0 Å². The van der Waals surface area contributed by atoms with Crippen LogP contribution in [0.3, 0.4) is 0 Å². The second kappa shape index (κ2) is 9.49. The van der Waals surface area contributed by atoms with Crippen LogP contribution in [-0.2, 0) is 21.2 Å². The van der Waals surface area contributed by atoms with Gasteiger partial charge in [0.2, 0.25) is 15.9 Å². The molecule has 1 saturated heterocycles. The average molecular weight is 468 g/mol. The Hall–Kier alpha value is -2.97. The van der Waals surface area contributed by atoms with Gasteiger partial charge in [-0.2, -0.15) is 4.31 Å². The van der Waals surface area contributed by atoms with E-state index >= 15 is 0 Å².